The van der Waals surface area contributed by atoms with Crippen molar-refractivity contribution in [1.82, 2.24) is 0 Å². The van der Waals surface area contributed by atoms with E-state index in [4.69, 9.17) is 37.0 Å². The number of carbonyl (C=O) groups excluding carboxylic acids is 4. The van der Waals surface area contributed by atoms with Crippen molar-refractivity contribution < 1.29 is 80.2 Å². The molecule has 0 heterocycles. The molecule has 0 aliphatic heterocycles. The fraction of sp³-hybridized carbons (Fsp3) is 0.949. The number of aliphatic hydroxyl groups is 1. The first-order valence-corrected chi connectivity index (χ1v) is 43.6. The van der Waals surface area contributed by atoms with E-state index in [9.17, 15) is 43.2 Å². The lowest BCUT2D eigenvalue weighted by molar-refractivity contribution is -0.161. The van der Waals surface area contributed by atoms with Gasteiger partial charge in [0.1, 0.15) is 19.3 Å². The highest BCUT2D eigenvalue weighted by molar-refractivity contribution is 7.47. The Morgan fingerprint density at radius 1 is 0.278 bits per heavy atom. The lowest BCUT2D eigenvalue weighted by Crippen LogP contribution is -2.30. The zero-order valence-corrected chi connectivity index (χ0v) is 65.0. The van der Waals surface area contributed by atoms with Crippen molar-refractivity contribution in [2.75, 3.05) is 39.6 Å². The molecule has 0 saturated carbocycles. The van der Waals surface area contributed by atoms with Crippen LogP contribution in [0.4, 0.5) is 0 Å². The topological polar surface area (TPSA) is 237 Å². The molecule has 0 aromatic rings. The molecule has 19 heteroatoms. The standard InChI is InChI=1S/C78H152O17P2/c1-6-9-12-15-18-21-24-26-28-30-31-32-33-35-37-40-43-48-54-59-64-78(83)94-73(67-88-75(80)61-56-51-46-41-39-36-34-29-27-25-22-19-16-13-10-7-2)69-92-96(84,85)90-65-72(79)66-91-97(86,87)93-70-74(68-89-76(81)62-57-52-49-44-45-50-55-60-71(4)5)95-77(82)63-58-53-47-42-38-23-20-17-14-11-8-3/h71-74,79H,6-70H2,1-5H3,(H,84,85)(H,86,87)/t72-,73-,74-/m1/s1. The maximum absolute atomic E-state index is 13.1. The summed E-state index contributed by atoms with van der Waals surface area (Å²) in [6, 6.07) is 0. The summed E-state index contributed by atoms with van der Waals surface area (Å²) in [6.45, 7) is 7.25. The van der Waals surface area contributed by atoms with Crippen molar-refractivity contribution in [2.45, 2.75) is 432 Å². The van der Waals surface area contributed by atoms with Crippen molar-refractivity contribution in [3.05, 3.63) is 0 Å². The van der Waals surface area contributed by atoms with Gasteiger partial charge in [-0.15, -0.1) is 0 Å². The van der Waals surface area contributed by atoms with Crippen LogP contribution in [0.1, 0.15) is 413 Å². The third-order valence-corrected chi connectivity index (χ3v) is 20.2. The van der Waals surface area contributed by atoms with Gasteiger partial charge in [0.05, 0.1) is 26.4 Å². The minimum absolute atomic E-state index is 0.107. The number of phosphoric ester groups is 2. The first-order valence-electron chi connectivity index (χ1n) is 40.6. The molecule has 0 rings (SSSR count). The average molecular weight is 1420 g/mol. The van der Waals surface area contributed by atoms with Crippen LogP contribution in [0, 0.1) is 5.92 Å². The van der Waals surface area contributed by atoms with Crippen LogP contribution >= 0.6 is 15.6 Å². The van der Waals surface area contributed by atoms with Crippen molar-refractivity contribution in [1.29, 1.82) is 0 Å². The van der Waals surface area contributed by atoms with E-state index in [1.165, 1.54) is 231 Å². The smallest absolute Gasteiger partial charge is 0.462 e. The molecule has 0 spiro atoms. The van der Waals surface area contributed by atoms with Crippen LogP contribution in [0.25, 0.3) is 0 Å². The largest absolute Gasteiger partial charge is 0.472 e. The molecule has 0 saturated heterocycles. The van der Waals surface area contributed by atoms with E-state index in [0.717, 1.165) is 96.3 Å². The normalized spacial score (nSPS) is 13.9. The fourth-order valence-electron chi connectivity index (χ4n) is 12.1. The Bertz CT molecular complexity index is 1860. The Hall–Kier alpha value is -1.94. The molecule has 0 amide bonds. The summed E-state index contributed by atoms with van der Waals surface area (Å²) in [4.78, 5) is 72.8. The quantitative estimate of drug-likeness (QED) is 0.0222. The van der Waals surface area contributed by atoms with Crippen LogP contribution in [0.2, 0.25) is 0 Å². The zero-order valence-electron chi connectivity index (χ0n) is 63.2. The Morgan fingerprint density at radius 3 is 0.701 bits per heavy atom. The lowest BCUT2D eigenvalue weighted by Gasteiger charge is -2.21. The molecule has 0 aliphatic carbocycles. The van der Waals surface area contributed by atoms with Crippen LogP contribution in [0.15, 0.2) is 0 Å². The van der Waals surface area contributed by atoms with Crippen LogP contribution in [-0.2, 0) is 65.4 Å². The molecule has 0 aromatic heterocycles. The SMILES string of the molecule is CCCCCCCCCCCCCCCCCCCCCCC(=O)O[C@H](COC(=O)CCCCCCCCCCCCCCCCCC)COP(=O)(O)OC[C@@H](O)COP(=O)(O)OC[C@@H](COC(=O)CCCCCCCCCC(C)C)OC(=O)CCCCCCCCCCCCC. The minimum Gasteiger partial charge on any atom is -0.462 e. The number of unbranched alkanes of at least 4 members (excludes halogenated alkanes) is 50. The van der Waals surface area contributed by atoms with E-state index in [2.05, 4.69) is 34.6 Å². The average Bonchev–Trinajstić information content (AvgIpc) is 1.03. The Balaban J connectivity index is 5.21. The zero-order chi connectivity index (χ0) is 71.2. The van der Waals surface area contributed by atoms with Gasteiger partial charge in [0.15, 0.2) is 12.2 Å². The van der Waals surface area contributed by atoms with Gasteiger partial charge in [0, 0.05) is 25.7 Å². The maximum Gasteiger partial charge on any atom is 0.472 e. The van der Waals surface area contributed by atoms with E-state index in [0.29, 0.717) is 31.6 Å². The summed E-state index contributed by atoms with van der Waals surface area (Å²) in [6.07, 6.45) is 61.2. The number of carbonyl (C=O) groups is 4. The fourth-order valence-corrected chi connectivity index (χ4v) is 13.6. The van der Waals surface area contributed by atoms with Crippen LogP contribution in [0.3, 0.4) is 0 Å². The molecule has 0 fully saturated rings. The van der Waals surface area contributed by atoms with Gasteiger partial charge in [-0.3, -0.25) is 37.3 Å². The molecule has 0 bridgehead atoms. The van der Waals surface area contributed by atoms with Gasteiger partial charge in [-0.1, -0.05) is 362 Å². The number of ether oxygens (including phenoxy) is 4. The summed E-state index contributed by atoms with van der Waals surface area (Å²) < 4.78 is 68.6. The highest BCUT2D eigenvalue weighted by Crippen LogP contribution is 2.45. The monoisotopic (exact) mass is 1420 g/mol. The molecule has 2 unspecified atom stereocenters. The Kier molecular flexibility index (Phi) is 69.6. The van der Waals surface area contributed by atoms with E-state index in [1.54, 1.807) is 0 Å². The maximum atomic E-state index is 13.1. The van der Waals surface area contributed by atoms with Crippen LogP contribution in [0.5, 0.6) is 0 Å². The lowest BCUT2D eigenvalue weighted by atomic mass is 10.0. The molecule has 0 aliphatic rings. The second kappa shape index (κ2) is 71.1. The molecule has 5 atom stereocenters. The van der Waals surface area contributed by atoms with Gasteiger partial charge >= 0.3 is 39.5 Å². The van der Waals surface area contributed by atoms with Gasteiger partial charge in [0.2, 0.25) is 0 Å². The molecule has 0 radical (unpaired) electrons. The predicted molar refractivity (Wildman–Crippen MR) is 395 cm³/mol. The molecular formula is C78H152O17P2. The van der Waals surface area contributed by atoms with Crippen LogP contribution in [-0.4, -0.2) is 96.7 Å². The summed E-state index contributed by atoms with van der Waals surface area (Å²) in [7, 11) is -9.91. The molecule has 0 aromatic carbocycles. The summed E-state index contributed by atoms with van der Waals surface area (Å²) in [5.41, 5.74) is 0. The minimum atomic E-state index is -4.96. The first-order chi connectivity index (χ1) is 47.0. The Morgan fingerprint density at radius 2 is 0.474 bits per heavy atom. The molecular weight excluding hydrogens is 1270 g/mol. The summed E-state index contributed by atoms with van der Waals surface area (Å²) in [5.74, 6) is -1.41. The van der Waals surface area contributed by atoms with E-state index >= 15 is 0 Å². The molecule has 97 heavy (non-hydrogen) atoms. The van der Waals surface area contributed by atoms with E-state index < -0.39 is 97.5 Å². The third kappa shape index (κ3) is 72.2. The number of phosphoric acid groups is 2. The number of aliphatic hydroxyl groups excluding tert-OH is 1. The van der Waals surface area contributed by atoms with Gasteiger partial charge in [-0.2, -0.15) is 0 Å². The third-order valence-electron chi connectivity index (χ3n) is 18.3. The van der Waals surface area contributed by atoms with Crippen molar-refractivity contribution in [2.24, 2.45) is 5.92 Å². The van der Waals surface area contributed by atoms with E-state index in [-0.39, 0.29) is 25.7 Å². The summed E-state index contributed by atoms with van der Waals surface area (Å²) >= 11 is 0. The van der Waals surface area contributed by atoms with Crippen molar-refractivity contribution in [3.63, 3.8) is 0 Å². The molecule has 17 nitrogen and oxygen atoms in total. The van der Waals surface area contributed by atoms with Crippen molar-refractivity contribution in [3.8, 4) is 0 Å². The predicted octanol–water partition coefficient (Wildman–Crippen LogP) is 23.3. The van der Waals surface area contributed by atoms with Crippen LogP contribution < -0.4 is 0 Å². The van der Waals surface area contributed by atoms with Gasteiger partial charge in [-0.05, 0) is 31.6 Å². The first kappa shape index (κ1) is 95.1. The Labute approximate surface area is 594 Å². The highest BCUT2D eigenvalue weighted by Gasteiger charge is 2.30. The number of hydrogen-bond donors (Lipinski definition) is 3. The number of rotatable bonds is 78. The second-order valence-corrected chi connectivity index (χ2v) is 31.5. The molecule has 576 valence electrons. The van der Waals surface area contributed by atoms with Gasteiger partial charge in [0.25, 0.3) is 0 Å². The molecule has 3 N–H and O–H groups in total. The summed E-state index contributed by atoms with van der Waals surface area (Å²) in [5, 5.41) is 10.6. The van der Waals surface area contributed by atoms with E-state index in [1.807, 2.05) is 0 Å². The number of hydrogen-bond acceptors (Lipinski definition) is 15. The highest BCUT2D eigenvalue weighted by atomic mass is 31.2. The van der Waals surface area contributed by atoms with Crippen molar-refractivity contribution >= 4 is 39.5 Å². The van der Waals surface area contributed by atoms with Gasteiger partial charge in [-0.25, -0.2) is 9.13 Å². The van der Waals surface area contributed by atoms with Gasteiger partial charge < -0.3 is 33.8 Å². The second-order valence-electron chi connectivity index (χ2n) is 28.6. The number of esters is 4.